The van der Waals surface area contributed by atoms with E-state index >= 15 is 0 Å². The Bertz CT molecular complexity index is 450. The van der Waals surface area contributed by atoms with E-state index in [2.05, 4.69) is 48.0 Å². The van der Waals surface area contributed by atoms with Crippen LogP contribution in [0.5, 0.6) is 0 Å². The van der Waals surface area contributed by atoms with Crippen LogP contribution in [0.4, 0.5) is 5.69 Å². The third kappa shape index (κ3) is 2.71. The van der Waals surface area contributed by atoms with Crippen molar-refractivity contribution >= 4 is 11.8 Å². The first kappa shape index (κ1) is 13.8. The van der Waals surface area contributed by atoms with E-state index in [-0.39, 0.29) is 5.54 Å². The number of isocyanates is 1. The van der Waals surface area contributed by atoms with Crippen molar-refractivity contribution in [3.05, 3.63) is 29.8 Å². The molecule has 0 radical (unpaired) electrons. The average Bonchev–Trinajstić information content (AvgIpc) is 2.91. The molecule has 0 atom stereocenters. The third-order valence-corrected chi connectivity index (χ3v) is 4.22. The smallest absolute Gasteiger partial charge is 0.235 e. The molecule has 0 N–H and O–H groups in total. The average molecular weight is 258 g/mol. The van der Waals surface area contributed by atoms with Crippen LogP contribution < -0.4 is 4.90 Å². The van der Waals surface area contributed by atoms with Gasteiger partial charge in [0.1, 0.15) is 0 Å². The SMILES string of the molecule is CCN(CC)c1ccc(C2(N=C=O)CCCC2)cc1. The molecule has 0 spiro atoms. The fourth-order valence-electron chi connectivity index (χ4n) is 3.08. The van der Waals surface area contributed by atoms with E-state index in [1.54, 1.807) is 6.08 Å². The maximum Gasteiger partial charge on any atom is 0.235 e. The van der Waals surface area contributed by atoms with E-state index in [0.29, 0.717) is 0 Å². The Labute approximate surface area is 115 Å². The first-order chi connectivity index (χ1) is 9.25. The number of benzene rings is 1. The van der Waals surface area contributed by atoms with Gasteiger partial charge in [-0.15, -0.1) is 0 Å². The molecule has 0 saturated heterocycles. The lowest BCUT2D eigenvalue weighted by atomic mass is 9.89. The summed E-state index contributed by atoms with van der Waals surface area (Å²) in [6.07, 6.45) is 5.99. The fourth-order valence-corrected chi connectivity index (χ4v) is 3.08. The highest BCUT2D eigenvalue weighted by molar-refractivity contribution is 5.49. The van der Waals surface area contributed by atoms with Crippen molar-refractivity contribution in [2.24, 2.45) is 4.99 Å². The molecule has 3 heteroatoms. The lowest BCUT2D eigenvalue weighted by molar-refractivity contribution is 0.456. The van der Waals surface area contributed by atoms with Gasteiger partial charge in [0.25, 0.3) is 0 Å². The predicted octanol–water partition coefficient (Wildman–Crippen LogP) is 3.64. The minimum atomic E-state index is -0.302. The van der Waals surface area contributed by atoms with Crippen molar-refractivity contribution in [2.45, 2.75) is 45.1 Å². The zero-order valence-corrected chi connectivity index (χ0v) is 11.9. The van der Waals surface area contributed by atoms with Crippen molar-refractivity contribution in [2.75, 3.05) is 18.0 Å². The number of rotatable bonds is 5. The van der Waals surface area contributed by atoms with Gasteiger partial charge in [-0.2, -0.15) is 4.99 Å². The van der Waals surface area contributed by atoms with Crippen molar-refractivity contribution < 1.29 is 4.79 Å². The molecule has 1 aliphatic rings. The zero-order valence-electron chi connectivity index (χ0n) is 11.9. The summed E-state index contributed by atoms with van der Waals surface area (Å²) in [7, 11) is 0. The van der Waals surface area contributed by atoms with Crippen molar-refractivity contribution in [3.8, 4) is 0 Å². The van der Waals surface area contributed by atoms with E-state index in [9.17, 15) is 4.79 Å². The van der Waals surface area contributed by atoms with Gasteiger partial charge >= 0.3 is 0 Å². The lowest BCUT2D eigenvalue weighted by Gasteiger charge is -2.25. The largest absolute Gasteiger partial charge is 0.372 e. The minimum absolute atomic E-state index is 0.302. The van der Waals surface area contributed by atoms with Gasteiger partial charge in [0, 0.05) is 18.8 Å². The Hall–Kier alpha value is -1.60. The van der Waals surface area contributed by atoms with Gasteiger partial charge in [0.05, 0.1) is 5.54 Å². The zero-order chi connectivity index (χ0) is 13.7. The van der Waals surface area contributed by atoms with Gasteiger partial charge < -0.3 is 4.90 Å². The summed E-state index contributed by atoms with van der Waals surface area (Å²) in [5.41, 5.74) is 2.09. The fraction of sp³-hybridized carbons (Fsp3) is 0.562. The van der Waals surface area contributed by atoms with Crippen LogP contribution in [0, 0.1) is 0 Å². The summed E-state index contributed by atoms with van der Waals surface area (Å²) in [6.45, 7) is 6.33. The molecule has 0 bridgehead atoms. The molecule has 0 unspecified atom stereocenters. The summed E-state index contributed by atoms with van der Waals surface area (Å²) in [5, 5.41) is 0. The highest BCUT2D eigenvalue weighted by Gasteiger charge is 2.35. The number of aliphatic imine (C=N–C) groups is 1. The Kier molecular flexibility index (Phi) is 4.39. The van der Waals surface area contributed by atoms with Gasteiger partial charge in [-0.1, -0.05) is 25.0 Å². The first-order valence-electron chi connectivity index (χ1n) is 7.20. The highest BCUT2D eigenvalue weighted by Crippen LogP contribution is 2.42. The van der Waals surface area contributed by atoms with Crippen molar-refractivity contribution in [1.29, 1.82) is 0 Å². The second kappa shape index (κ2) is 6.03. The molecule has 1 aromatic rings. The van der Waals surface area contributed by atoms with E-state index in [4.69, 9.17) is 0 Å². The Morgan fingerprint density at radius 2 is 1.74 bits per heavy atom. The quantitative estimate of drug-likeness (QED) is 0.596. The summed E-state index contributed by atoms with van der Waals surface area (Å²) < 4.78 is 0. The van der Waals surface area contributed by atoms with Gasteiger partial charge in [-0.3, -0.25) is 0 Å². The molecule has 3 nitrogen and oxygen atoms in total. The van der Waals surface area contributed by atoms with Gasteiger partial charge in [-0.05, 0) is 44.4 Å². The molecule has 2 rings (SSSR count). The monoisotopic (exact) mass is 258 g/mol. The number of hydrogen-bond donors (Lipinski definition) is 0. The maximum atomic E-state index is 10.7. The van der Waals surface area contributed by atoms with Crippen LogP contribution in [0.25, 0.3) is 0 Å². The molecule has 0 amide bonds. The van der Waals surface area contributed by atoms with Gasteiger partial charge in [0.2, 0.25) is 6.08 Å². The van der Waals surface area contributed by atoms with Crippen molar-refractivity contribution in [1.82, 2.24) is 0 Å². The van der Waals surface area contributed by atoms with Crippen LogP contribution in [0.3, 0.4) is 0 Å². The second-order valence-electron chi connectivity index (χ2n) is 5.16. The number of carbonyl (C=O) groups excluding carboxylic acids is 1. The third-order valence-electron chi connectivity index (χ3n) is 4.22. The molecular formula is C16H22N2O. The van der Waals surface area contributed by atoms with E-state index in [1.165, 1.54) is 5.69 Å². The molecular weight excluding hydrogens is 236 g/mol. The Morgan fingerprint density at radius 3 is 2.21 bits per heavy atom. The first-order valence-corrected chi connectivity index (χ1v) is 7.20. The maximum absolute atomic E-state index is 10.7. The van der Waals surface area contributed by atoms with Crippen LogP contribution in [0.1, 0.15) is 45.1 Å². The molecule has 102 valence electrons. The Balaban J connectivity index is 2.28. The molecule has 0 aromatic heterocycles. The topological polar surface area (TPSA) is 32.7 Å². The minimum Gasteiger partial charge on any atom is -0.372 e. The molecule has 0 aliphatic heterocycles. The number of nitrogens with zero attached hydrogens (tertiary/aromatic N) is 2. The summed E-state index contributed by atoms with van der Waals surface area (Å²) in [4.78, 5) is 17.1. The standard InChI is InChI=1S/C16H22N2O/c1-3-18(4-2)15-9-7-14(8-10-15)16(17-13-19)11-5-6-12-16/h7-10H,3-6,11-12H2,1-2H3. The number of anilines is 1. The predicted molar refractivity (Wildman–Crippen MR) is 78.3 cm³/mol. The molecule has 1 saturated carbocycles. The molecule has 1 fully saturated rings. The van der Waals surface area contributed by atoms with E-state index < -0.39 is 0 Å². The van der Waals surface area contributed by atoms with Crippen molar-refractivity contribution in [3.63, 3.8) is 0 Å². The normalized spacial score (nSPS) is 16.9. The molecule has 19 heavy (non-hydrogen) atoms. The van der Waals surface area contributed by atoms with Gasteiger partial charge in [0.15, 0.2) is 0 Å². The summed E-state index contributed by atoms with van der Waals surface area (Å²) in [6, 6.07) is 8.53. The molecule has 0 heterocycles. The highest BCUT2D eigenvalue weighted by atomic mass is 16.1. The van der Waals surface area contributed by atoms with Crippen LogP contribution in [-0.4, -0.2) is 19.2 Å². The summed E-state index contributed by atoms with van der Waals surface area (Å²) in [5.74, 6) is 0. The summed E-state index contributed by atoms with van der Waals surface area (Å²) >= 11 is 0. The molecule has 1 aromatic carbocycles. The van der Waals surface area contributed by atoms with Crippen LogP contribution >= 0.6 is 0 Å². The Morgan fingerprint density at radius 1 is 1.16 bits per heavy atom. The van der Waals surface area contributed by atoms with Crippen LogP contribution in [0.15, 0.2) is 29.3 Å². The number of hydrogen-bond acceptors (Lipinski definition) is 3. The van der Waals surface area contributed by atoms with Gasteiger partial charge in [-0.25, -0.2) is 4.79 Å². The second-order valence-corrected chi connectivity index (χ2v) is 5.16. The van der Waals surface area contributed by atoms with E-state index in [1.807, 2.05) is 0 Å². The van der Waals surface area contributed by atoms with Crippen LogP contribution in [0.2, 0.25) is 0 Å². The molecule has 1 aliphatic carbocycles. The van der Waals surface area contributed by atoms with E-state index in [0.717, 1.165) is 44.3 Å². The van der Waals surface area contributed by atoms with Crippen LogP contribution in [-0.2, 0) is 10.3 Å². The lowest BCUT2D eigenvalue weighted by Crippen LogP contribution is -2.22.